The molecule has 35 heavy (non-hydrogen) atoms. The smallest absolute Gasteiger partial charge is 0.161 e. The zero-order chi connectivity index (χ0) is 24.5. The second-order valence-corrected chi connectivity index (χ2v) is 10.2. The molecule has 5 rings (SSSR count). The van der Waals surface area contributed by atoms with Crippen molar-refractivity contribution in [3.63, 3.8) is 0 Å². The number of fused-ring (bicyclic) bond motifs is 4. The molecule has 6 heteroatoms. The molecular weight excluding hydrogens is 440 g/mol. The van der Waals surface area contributed by atoms with Gasteiger partial charge in [0.1, 0.15) is 0 Å². The van der Waals surface area contributed by atoms with Crippen LogP contribution in [-0.4, -0.2) is 53.0 Å². The van der Waals surface area contributed by atoms with Crippen molar-refractivity contribution in [1.29, 1.82) is 0 Å². The highest BCUT2D eigenvalue weighted by Crippen LogP contribution is 2.48. The van der Waals surface area contributed by atoms with Crippen molar-refractivity contribution in [3.05, 3.63) is 46.5 Å². The molecule has 2 aromatic rings. The van der Waals surface area contributed by atoms with Gasteiger partial charge in [0.25, 0.3) is 0 Å². The normalized spacial score (nSPS) is 25.7. The number of piperidine rings is 1. The van der Waals surface area contributed by atoms with E-state index >= 15 is 0 Å². The molecule has 1 N–H and O–H groups in total. The van der Waals surface area contributed by atoms with Gasteiger partial charge in [0.15, 0.2) is 23.0 Å². The predicted molar refractivity (Wildman–Crippen MR) is 138 cm³/mol. The van der Waals surface area contributed by atoms with Gasteiger partial charge in [0.05, 0.1) is 28.4 Å². The summed E-state index contributed by atoms with van der Waals surface area (Å²) in [6.07, 6.45) is 5.65. The molecule has 0 spiro atoms. The maximum Gasteiger partial charge on any atom is 0.161 e. The van der Waals surface area contributed by atoms with E-state index in [1.807, 2.05) is 0 Å². The number of nitrogens with one attached hydrogen (secondary N) is 1. The Morgan fingerprint density at radius 2 is 1.40 bits per heavy atom. The van der Waals surface area contributed by atoms with Crippen molar-refractivity contribution in [2.24, 2.45) is 11.8 Å². The van der Waals surface area contributed by atoms with Gasteiger partial charge in [0, 0.05) is 25.2 Å². The average Bonchev–Trinajstić information content (AvgIpc) is 2.91. The summed E-state index contributed by atoms with van der Waals surface area (Å²) in [6.45, 7) is 5.66. The first-order chi connectivity index (χ1) is 17.1. The first-order valence-electron chi connectivity index (χ1n) is 13.1. The summed E-state index contributed by atoms with van der Waals surface area (Å²) in [4.78, 5) is 2.72. The molecule has 1 saturated heterocycles. The molecule has 0 aliphatic carbocycles. The Kier molecular flexibility index (Phi) is 7.12. The minimum Gasteiger partial charge on any atom is -0.493 e. The fourth-order valence-electron chi connectivity index (χ4n) is 6.74. The van der Waals surface area contributed by atoms with E-state index in [0.717, 1.165) is 55.4 Å². The third-order valence-corrected chi connectivity index (χ3v) is 8.64. The molecule has 0 radical (unpaired) electrons. The highest BCUT2D eigenvalue weighted by atomic mass is 16.5. The maximum atomic E-state index is 5.68. The van der Waals surface area contributed by atoms with Crippen molar-refractivity contribution in [2.75, 3.05) is 48.1 Å². The maximum absolute atomic E-state index is 5.68. The van der Waals surface area contributed by atoms with Crippen LogP contribution in [0.3, 0.4) is 0 Å². The number of hydrogen-bond acceptors (Lipinski definition) is 6. The fourth-order valence-corrected chi connectivity index (χ4v) is 6.74. The average molecular weight is 481 g/mol. The fraction of sp³-hybridized carbons (Fsp3) is 0.586. The summed E-state index contributed by atoms with van der Waals surface area (Å²) in [7, 11) is 6.90. The molecule has 0 bridgehead atoms. The Bertz CT molecular complexity index is 1050. The second kappa shape index (κ2) is 10.3. The largest absolute Gasteiger partial charge is 0.493 e. The second-order valence-electron chi connectivity index (χ2n) is 10.2. The highest BCUT2D eigenvalue weighted by molar-refractivity contribution is 5.50. The van der Waals surface area contributed by atoms with Gasteiger partial charge in [0.2, 0.25) is 0 Å². The van der Waals surface area contributed by atoms with Crippen LogP contribution < -0.4 is 24.3 Å². The zero-order valence-electron chi connectivity index (χ0n) is 21.9. The van der Waals surface area contributed by atoms with Crippen molar-refractivity contribution < 1.29 is 18.9 Å². The molecule has 0 saturated carbocycles. The van der Waals surface area contributed by atoms with Crippen molar-refractivity contribution in [2.45, 2.75) is 51.1 Å². The van der Waals surface area contributed by atoms with Crippen LogP contribution >= 0.6 is 0 Å². The summed E-state index contributed by atoms with van der Waals surface area (Å²) < 4.78 is 22.5. The minimum absolute atomic E-state index is 0.345. The van der Waals surface area contributed by atoms with Crippen molar-refractivity contribution >= 4 is 0 Å². The minimum atomic E-state index is 0.345. The highest BCUT2D eigenvalue weighted by Gasteiger charge is 2.40. The van der Waals surface area contributed by atoms with Crippen LogP contribution in [0.25, 0.3) is 0 Å². The van der Waals surface area contributed by atoms with E-state index in [0.29, 0.717) is 23.9 Å². The molecular formula is C29H40N2O4. The lowest BCUT2D eigenvalue weighted by atomic mass is 9.72. The van der Waals surface area contributed by atoms with E-state index in [9.17, 15) is 0 Å². The van der Waals surface area contributed by atoms with Gasteiger partial charge in [-0.05, 0) is 90.6 Å². The predicted octanol–water partition coefficient (Wildman–Crippen LogP) is 4.94. The molecule has 3 heterocycles. The molecule has 1 fully saturated rings. The molecule has 1 unspecified atom stereocenters. The van der Waals surface area contributed by atoms with Crippen LogP contribution in [0.1, 0.15) is 60.5 Å². The van der Waals surface area contributed by atoms with Gasteiger partial charge in [-0.2, -0.15) is 0 Å². The number of ether oxygens (including phenoxy) is 4. The van der Waals surface area contributed by atoms with Gasteiger partial charge >= 0.3 is 0 Å². The summed E-state index contributed by atoms with van der Waals surface area (Å²) >= 11 is 0. The van der Waals surface area contributed by atoms with Crippen molar-refractivity contribution in [3.8, 4) is 23.0 Å². The van der Waals surface area contributed by atoms with E-state index in [1.54, 1.807) is 28.4 Å². The van der Waals surface area contributed by atoms with Crippen LogP contribution in [0, 0.1) is 11.8 Å². The van der Waals surface area contributed by atoms with Crippen molar-refractivity contribution in [1.82, 2.24) is 10.2 Å². The molecule has 0 amide bonds. The SMILES string of the molecule is CC[C@H]1CN2CCc3cc(OC)c(OC)cc3C2C[C@@H]1C[C@H]1NCCc2cc(OC)c(OC)cc21. The molecule has 3 aliphatic heterocycles. The van der Waals surface area contributed by atoms with Crippen LogP contribution in [0.15, 0.2) is 24.3 Å². The van der Waals surface area contributed by atoms with Crippen LogP contribution in [-0.2, 0) is 12.8 Å². The lowest BCUT2D eigenvalue weighted by molar-refractivity contribution is 0.0434. The van der Waals surface area contributed by atoms with E-state index in [-0.39, 0.29) is 0 Å². The standard InChI is InChI=1S/C29H40N2O4/c1-6-18-17-31-10-8-20-14-27(33-3)29(35-5)16-23(20)25(31)12-21(18)11-24-22-15-28(34-4)26(32-2)13-19(22)7-9-30-24/h13-16,18,21,24-25,30H,6-12,17H2,1-5H3/t18-,21-,24+,25?/m0/s1. The Balaban J connectivity index is 1.43. The van der Waals surface area contributed by atoms with Gasteiger partial charge in [-0.15, -0.1) is 0 Å². The number of methoxy groups -OCH3 is 4. The quantitative estimate of drug-likeness (QED) is 0.606. The lowest BCUT2D eigenvalue weighted by Crippen LogP contribution is -2.46. The Morgan fingerprint density at radius 3 is 2.03 bits per heavy atom. The first kappa shape index (κ1) is 24.3. The molecule has 4 atom stereocenters. The Hall–Kier alpha value is -2.44. The Morgan fingerprint density at radius 1 is 0.800 bits per heavy atom. The number of nitrogens with zero attached hydrogens (tertiary/aromatic N) is 1. The number of rotatable bonds is 7. The molecule has 0 aromatic heterocycles. The first-order valence-corrected chi connectivity index (χ1v) is 13.1. The van der Waals surface area contributed by atoms with E-state index < -0.39 is 0 Å². The summed E-state index contributed by atoms with van der Waals surface area (Å²) in [5.41, 5.74) is 5.60. The summed E-state index contributed by atoms with van der Waals surface area (Å²) in [5, 5.41) is 3.83. The number of hydrogen-bond donors (Lipinski definition) is 1. The van der Waals surface area contributed by atoms with E-state index in [1.165, 1.54) is 41.6 Å². The lowest BCUT2D eigenvalue weighted by Gasteiger charge is -2.48. The summed E-state index contributed by atoms with van der Waals surface area (Å²) in [5.74, 6) is 4.69. The van der Waals surface area contributed by atoms with E-state index in [2.05, 4.69) is 41.4 Å². The third kappa shape index (κ3) is 4.47. The molecule has 3 aliphatic rings. The van der Waals surface area contributed by atoms with Gasteiger partial charge in [-0.25, -0.2) is 0 Å². The molecule has 2 aromatic carbocycles. The molecule has 190 valence electrons. The third-order valence-electron chi connectivity index (χ3n) is 8.64. The van der Waals surface area contributed by atoms with Gasteiger partial charge in [-0.1, -0.05) is 13.3 Å². The van der Waals surface area contributed by atoms with Crippen LogP contribution in [0.2, 0.25) is 0 Å². The zero-order valence-corrected chi connectivity index (χ0v) is 21.9. The van der Waals surface area contributed by atoms with Crippen LogP contribution in [0.4, 0.5) is 0 Å². The number of benzene rings is 2. The van der Waals surface area contributed by atoms with Crippen LogP contribution in [0.5, 0.6) is 23.0 Å². The summed E-state index contributed by atoms with van der Waals surface area (Å²) in [6, 6.07) is 9.61. The van der Waals surface area contributed by atoms with E-state index in [4.69, 9.17) is 18.9 Å². The molecule has 6 nitrogen and oxygen atoms in total. The van der Waals surface area contributed by atoms with Gasteiger partial charge < -0.3 is 24.3 Å². The Labute approximate surface area is 209 Å². The monoisotopic (exact) mass is 480 g/mol. The van der Waals surface area contributed by atoms with Gasteiger partial charge in [-0.3, -0.25) is 4.90 Å². The topological polar surface area (TPSA) is 52.2 Å².